The molecule has 0 saturated heterocycles. The normalized spacial score (nSPS) is 14.0. The van der Waals surface area contributed by atoms with Gasteiger partial charge < -0.3 is 15.4 Å². The number of hydrogen-bond acceptors (Lipinski definition) is 6. The van der Waals surface area contributed by atoms with Gasteiger partial charge in [0.2, 0.25) is 5.91 Å². The molecule has 0 aliphatic carbocycles. The van der Waals surface area contributed by atoms with Gasteiger partial charge in [0.1, 0.15) is 22.7 Å². The maximum atomic E-state index is 12.6. The van der Waals surface area contributed by atoms with Gasteiger partial charge in [0.15, 0.2) is 0 Å². The van der Waals surface area contributed by atoms with E-state index in [1.807, 2.05) is 29.2 Å². The predicted octanol–water partition coefficient (Wildman–Crippen LogP) is 2.88. The van der Waals surface area contributed by atoms with Gasteiger partial charge in [0, 0.05) is 23.1 Å². The van der Waals surface area contributed by atoms with Crippen LogP contribution in [0.2, 0.25) is 0 Å². The Morgan fingerprint density at radius 3 is 3.04 bits per heavy atom. The summed E-state index contributed by atoms with van der Waals surface area (Å²) in [5.74, 6) is 1.25. The second-order valence-corrected chi connectivity index (χ2v) is 7.11. The lowest BCUT2D eigenvalue weighted by Gasteiger charge is -2.26. The number of ether oxygens (including phenoxy) is 1. The number of benzene rings is 1. The maximum Gasteiger partial charge on any atom is 0.246 e. The van der Waals surface area contributed by atoms with Gasteiger partial charge in [-0.05, 0) is 24.1 Å². The lowest BCUT2D eigenvalue weighted by atomic mass is 10.0. The maximum absolute atomic E-state index is 12.6. The van der Waals surface area contributed by atoms with Crippen molar-refractivity contribution in [1.82, 2.24) is 14.9 Å². The molecule has 3 heterocycles. The Labute approximate surface area is 154 Å². The molecule has 0 fully saturated rings. The molecule has 3 aromatic rings. The highest BCUT2D eigenvalue weighted by atomic mass is 32.1. The molecule has 0 radical (unpaired) electrons. The van der Waals surface area contributed by atoms with Crippen molar-refractivity contribution in [2.24, 2.45) is 0 Å². The van der Waals surface area contributed by atoms with E-state index in [0.29, 0.717) is 18.9 Å². The first-order valence-electron chi connectivity index (χ1n) is 8.28. The number of thiophene rings is 1. The third-order valence-corrected chi connectivity index (χ3v) is 5.65. The minimum atomic E-state index is -0.0157. The minimum absolute atomic E-state index is 0.0157. The molecule has 0 spiro atoms. The van der Waals surface area contributed by atoms with Gasteiger partial charge in [-0.25, -0.2) is 9.97 Å². The highest BCUT2D eigenvalue weighted by Gasteiger charge is 2.24. The van der Waals surface area contributed by atoms with Crippen LogP contribution in [-0.2, 0) is 17.8 Å². The summed E-state index contributed by atoms with van der Waals surface area (Å²) in [6.07, 6.45) is 5.65. The Hall–Kier alpha value is -2.93. The lowest BCUT2D eigenvalue weighted by molar-refractivity contribution is -0.126. The molecule has 0 saturated carbocycles. The van der Waals surface area contributed by atoms with E-state index in [-0.39, 0.29) is 5.91 Å². The van der Waals surface area contributed by atoms with E-state index < -0.39 is 0 Å². The molecule has 1 aliphatic rings. The van der Waals surface area contributed by atoms with Crippen LogP contribution >= 0.6 is 11.3 Å². The van der Waals surface area contributed by atoms with Crippen LogP contribution in [0.4, 0.5) is 5.82 Å². The van der Waals surface area contributed by atoms with Crippen molar-refractivity contribution in [2.45, 2.75) is 13.0 Å². The van der Waals surface area contributed by atoms with Crippen LogP contribution in [0.1, 0.15) is 16.0 Å². The number of hydrogen-bond donors (Lipinski definition) is 1. The number of carbonyl (C=O) groups is 1. The highest BCUT2D eigenvalue weighted by Crippen LogP contribution is 2.36. The molecule has 0 unspecified atom stereocenters. The summed E-state index contributed by atoms with van der Waals surface area (Å²) in [5.41, 5.74) is 8.07. The number of carbonyl (C=O) groups excluding carboxylic acids is 1. The molecule has 26 heavy (non-hydrogen) atoms. The van der Waals surface area contributed by atoms with Crippen LogP contribution in [-0.4, -0.2) is 34.4 Å². The molecule has 2 N–H and O–H groups in total. The second kappa shape index (κ2) is 6.76. The van der Waals surface area contributed by atoms with Gasteiger partial charge in [0.05, 0.1) is 19.0 Å². The zero-order valence-corrected chi connectivity index (χ0v) is 15.1. The van der Waals surface area contributed by atoms with Gasteiger partial charge in [0.25, 0.3) is 0 Å². The highest BCUT2D eigenvalue weighted by molar-refractivity contribution is 7.19. The van der Waals surface area contributed by atoms with Crippen LogP contribution in [0.25, 0.3) is 16.3 Å². The lowest BCUT2D eigenvalue weighted by Crippen LogP contribution is -2.34. The molecule has 1 aromatic carbocycles. The van der Waals surface area contributed by atoms with Crippen molar-refractivity contribution in [3.05, 3.63) is 52.7 Å². The molecule has 0 bridgehead atoms. The van der Waals surface area contributed by atoms with Crippen LogP contribution in [0, 0.1) is 0 Å². The summed E-state index contributed by atoms with van der Waals surface area (Å²) in [5, 5.41) is 0.948. The molecule has 1 aliphatic heterocycles. The first-order valence-corrected chi connectivity index (χ1v) is 9.09. The number of nitrogen functional groups attached to an aromatic ring is 1. The van der Waals surface area contributed by atoms with Crippen LogP contribution < -0.4 is 10.5 Å². The van der Waals surface area contributed by atoms with Crippen molar-refractivity contribution in [3.63, 3.8) is 0 Å². The van der Waals surface area contributed by atoms with E-state index >= 15 is 0 Å². The number of amides is 1. The molecule has 132 valence electrons. The van der Waals surface area contributed by atoms with E-state index in [4.69, 9.17) is 10.5 Å². The van der Waals surface area contributed by atoms with E-state index in [9.17, 15) is 4.79 Å². The SMILES string of the molecule is COc1ccccc1C=CC(=O)N1CCc2c(sc3ncnc(N)c23)C1. The summed E-state index contributed by atoms with van der Waals surface area (Å²) < 4.78 is 5.32. The van der Waals surface area contributed by atoms with E-state index in [1.54, 1.807) is 30.6 Å². The molecular weight excluding hydrogens is 348 g/mol. The van der Waals surface area contributed by atoms with Gasteiger partial charge in [-0.2, -0.15) is 0 Å². The smallest absolute Gasteiger partial charge is 0.246 e. The fourth-order valence-corrected chi connectivity index (χ4v) is 4.42. The average Bonchev–Trinajstić information content (AvgIpc) is 3.05. The Bertz CT molecular complexity index is 1010. The summed E-state index contributed by atoms with van der Waals surface area (Å²) in [4.78, 5) is 24.9. The summed E-state index contributed by atoms with van der Waals surface area (Å²) in [6, 6.07) is 7.62. The Morgan fingerprint density at radius 2 is 2.19 bits per heavy atom. The molecule has 7 heteroatoms. The standard InChI is InChI=1S/C19H18N4O2S/c1-25-14-5-3-2-4-12(14)6-7-16(24)23-9-8-13-15(10-23)26-19-17(13)18(20)21-11-22-19/h2-7,11H,8-10H2,1H3,(H2,20,21,22). The molecule has 6 nitrogen and oxygen atoms in total. The fraction of sp³-hybridized carbons (Fsp3) is 0.211. The van der Waals surface area contributed by atoms with Gasteiger partial charge in [-0.1, -0.05) is 18.2 Å². The number of rotatable bonds is 3. The zero-order valence-electron chi connectivity index (χ0n) is 14.3. The number of nitrogens with two attached hydrogens (primary N) is 1. The van der Waals surface area contributed by atoms with Crippen molar-refractivity contribution in [3.8, 4) is 5.75 Å². The average molecular weight is 366 g/mol. The van der Waals surface area contributed by atoms with Gasteiger partial charge >= 0.3 is 0 Å². The Balaban J connectivity index is 1.55. The number of para-hydroxylation sites is 1. The summed E-state index contributed by atoms with van der Waals surface area (Å²) in [6.45, 7) is 1.23. The molecule has 4 rings (SSSR count). The van der Waals surface area contributed by atoms with Crippen LogP contribution in [0.5, 0.6) is 5.75 Å². The molecular formula is C19H18N4O2S. The molecule has 1 amide bonds. The van der Waals surface area contributed by atoms with Crippen molar-refractivity contribution in [1.29, 1.82) is 0 Å². The number of aromatic nitrogens is 2. The summed E-state index contributed by atoms with van der Waals surface area (Å²) in [7, 11) is 1.62. The number of fused-ring (bicyclic) bond motifs is 3. The first-order chi connectivity index (χ1) is 12.7. The molecule has 0 atom stereocenters. The van der Waals surface area contributed by atoms with E-state index in [0.717, 1.165) is 32.8 Å². The quantitative estimate of drug-likeness (QED) is 0.721. The van der Waals surface area contributed by atoms with Crippen LogP contribution in [0.3, 0.4) is 0 Å². The molecule has 2 aromatic heterocycles. The second-order valence-electron chi connectivity index (χ2n) is 6.03. The summed E-state index contributed by atoms with van der Waals surface area (Å²) >= 11 is 1.59. The van der Waals surface area contributed by atoms with E-state index in [2.05, 4.69) is 9.97 Å². The topological polar surface area (TPSA) is 81.3 Å². The Kier molecular flexibility index (Phi) is 4.30. The fourth-order valence-electron chi connectivity index (χ4n) is 3.21. The zero-order chi connectivity index (χ0) is 18.1. The van der Waals surface area contributed by atoms with Gasteiger partial charge in [-0.3, -0.25) is 4.79 Å². The van der Waals surface area contributed by atoms with Gasteiger partial charge in [-0.15, -0.1) is 11.3 Å². The predicted molar refractivity (Wildman–Crippen MR) is 103 cm³/mol. The van der Waals surface area contributed by atoms with Crippen molar-refractivity contribution < 1.29 is 9.53 Å². The Morgan fingerprint density at radius 1 is 1.35 bits per heavy atom. The third-order valence-electron chi connectivity index (χ3n) is 4.52. The van der Waals surface area contributed by atoms with Crippen molar-refractivity contribution in [2.75, 3.05) is 19.4 Å². The minimum Gasteiger partial charge on any atom is -0.496 e. The number of methoxy groups -OCH3 is 1. The first kappa shape index (κ1) is 16.5. The monoisotopic (exact) mass is 366 g/mol. The number of anilines is 1. The van der Waals surface area contributed by atoms with E-state index in [1.165, 1.54) is 11.9 Å². The van der Waals surface area contributed by atoms with Crippen LogP contribution in [0.15, 0.2) is 36.7 Å². The number of nitrogens with zero attached hydrogens (tertiary/aromatic N) is 3. The third kappa shape index (κ3) is 2.90. The largest absolute Gasteiger partial charge is 0.496 e. The van der Waals surface area contributed by atoms with Crippen molar-refractivity contribution >= 4 is 39.4 Å².